The summed E-state index contributed by atoms with van der Waals surface area (Å²) in [6.45, 7) is 4.08. The number of imidazole rings is 1. The molecule has 0 saturated heterocycles. The molecule has 140 valence electrons. The third-order valence-electron chi connectivity index (χ3n) is 4.19. The Kier molecular flexibility index (Phi) is 4.67. The molecule has 0 unspecified atom stereocenters. The minimum absolute atomic E-state index is 0.133. The van der Waals surface area contributed by atoms with Crippen molar-refractivity contribution in [2.45, 2.75) is 20.4 Å². The summed E-state index contributed by atoms with van der Waals surface area (Å²) in [4.78, 5) is 25.0. The number of carbonyl (C=O) groups excluding carboxylic acids is 1. The molecule has 0 aliphatic carbocycles. The van der Waals surface area contributed by atoms with Gasteiger partial charge in [0.2, 0.25) is 11.7 Å². The van der Waals surface area contributed by atoms with Crippen molar-refractivity contribution in [3.63, 3.8) is 0 Å². The minimum atomic E-state index is -0.137. The lowest BCUT2D eigenvalue weighted by atomic mass is 10.1. The van der Waals surface area contributed by atoms with E-state index in [0.717, 1.165) is 22.4 Å². The molecule has 4 rings (SSSR count). The van der Waals surface area contributed by atoms with E-state index in [-0.39, 0.29) is 12.5 Å². The van der Waals surface area contributed by atoms with Crippen molar-refractivity contribution in [1.29, 1.82) is 0 Å². The molecule has 0 radical (unpaired) electrons. The van der Waals surface area contributed by atoms with Crippen LogP contribution in [0.25, 0.3) is 23.0 Å². The summed E-state index contributed by atoms with van der Waals surface area (Å²) >= 11 is 0. The Morgan fingerprint density at radius 2 is 2.14 bits per heavy atom. The number of nitrogens with zero attached hydrogens (tertiary/aromatic N) is 5. The summed E-state index contributed by atoms with van der Waals surface area (Å²) in [6, 6.07) is 9.57. The molecule has 0 atom stereocenters. The number of amides is 1. The van der Waals surface area contributed by atoms with E-state index in [1.165, 1.54) is 0 Å². The van der Waals surface area contributed by atoms with E-state index in [1.807, 2.05) is 38.1 Å². The zero-order valence-corrected chi connectivity index (χ0v) is 15.5. The molecule has 28 heavy (non-hydrogen) atoms. The van der Waals surface area contributed by atoms with Crippen molar-refractivity contribution < 1.29 is 9.32 Å². The van der Waals surface area contributed by atoms with Gasteiger partial charge >= 0.3 is 0 Å². The lowest BCUT2D eigenvalue weighted by molar-refractivity contribution is -0.116. The maximum Gasteiger partial charge on any atom is 0.259 e. The van der Waals surface area contributed by atoms with Gasteiger partial charge in [0.1, 0.15) is 12.2 Å². The van der Waals surface area contributed by atoms with Crippen molar-refractivity contribution in [1.82, 2.24) is 24.7 Å². The Balaban J connectivity index is 1.45. The van der Waals surface area contributed by atoms with Gasteiger partial charge in [0.15, 0.2) is 0 Å². The van der Waals surface area contributed by atoms with Crippen LogP contribution in [0.5, 0.6) is 0 Å². The van der Waals surface area contributed by atoms with Gasteiger partial charge in [-0.2, -0.15) is 4.98 Å². The normalized spacial score (nSPS) is 10.8. The van der Waals surface area contributed by atoms with E-state index < -0.39 is 0 Å². The number of aryl methyl sites for hydroxylation is 2. The Hall–Kier alpha value is -3.81. The molecule has 4 aromatic rings. The summed E-state index contributed by atoms with van der Waals surface area (Å²) in [6.07, 6.45) is 6.60. The van der Waals surface area contributed by atoms with Crippen LogP contribution < -0.4 is 5.32 Å². The van der Waals surface area contributed by atoms with Crippen LogP contribution in [0.15, 0.2) is 59.8 Å². The standard InChI is InChI=1S/C20H18N6O2/c1-13-5-6-14(2)16(8-13)23-18(27)11-26-10-17(22-12-26)19-24-20(28-25-19)15-4-3-7-21-9-15/h3-10,12H,11H2,1-2H3,(H,23,27). The fourth-order valence-corrected chi connectivity index (χ4v) is 2.72. The van der Waals surface area contributed by atoms with Crippen molar-refractivity contribution in [2.75, 3.05) is 5.32 Å². The van der Waals surface area contributed by atoms with E-state index in [0.29, 0.717) is 17.4 Å². The molecular formula is C20H18N6O2. The van der Waals surface area contributed by atoms with Crippen molar-refractivity contribution in [3.8, 4) is 23.0 Å². The molecule has 1 N–H and O–H groups in total. The molecule has 0 spiro atoms. The van der Waals surface area contributed by atoms with Crippen LogP contribution in [0.3, 0.4) is 0 Å². The van der Waals surface area contributed by atoms with Crippen LogP contribution in [0.1, 0.15) is 11.1 Å². The van der Waals surface area contributed by atoms with E-state index >= 15 is 0 Å². The largest absolute Gasteiger partial charge is 0.333 e. The number of benzene rings is 1. The van der Waals surface area contributed by atoms with Gasteiger partial charge in [-0.3, -0.25) is 9.78 Å². The topological polar surface area (TPSA) is 98.7 Å². The molecule has 0 saturated carbocycles. The fraction of sp³-hybridized carbons (Fsp3) is 0.150. The summed E-state index contributed by atoms with van der Waals surface area (Å²) in [5, 5.41) is 6.88. The molecule has 1 amide bonds. The number of hydrogen-bond acceptors (Lipinski definition) is 6. The van der Waals surface area contributed by atoms with Crippen molar-refractivity contribution >= 4 is 11.6 Å². The van der Waals surface area contributed by atoms with Crippen LogP contribution >= 0.6 is 0 Å². The highest BCUT2D eigenvalue weighted by atomic mass is 16.5. The number of pyridine rings is 1. The maximum atomic E-state index is 12.4. The van der Waals surface area contributed by atoms with E-state index in [2.05, 4.69) is 25.4 Å². The second-order valence-corrected chi connectivity index (χ2v) is 6.46. The number of hydrogen-bond donors (Lipinski definition) is 1. The van der Waals surface area contributed by atoms with Crippen LogP contribution in [0.4, 0.5) is 5.69 Å². The maximum absolute atomic E-state index is 12.4. The van der Waals surface area contributed by atoms with Crippen molar-refractivity contribution in [3.05, 3.63) is 66.4 Å². The average Bonchev–Trinajstić information content (AvgIpc) is 3.35. The van der Waals surface area contributed by atoms with Crippen LogP contribution in [0, 0.1) is 13.8 Å². The summed E-state index contributed by atoms with van der Waals surface area (Å²) < 4.78 is 6.95. The molecule has 1 aromatic carbocycles. The number of rotatable bonds is 5. The highest BCUT2D eigenvalue weighted by Crippen LogP contribution is 2.20. The van der Waals surface area contributed by atoms with Crippen LogP contribution in [-0.2, 0) is 11.3 Å². The fourth-order valence-electron chi connectivity index (χ4n) is 2.72. The van der Waals surface area contributed by atoms with Crippen LogP contribution in [-0.4, -0.2) is 30.6 Å². The highest BCUT2D eigenvalue weighted by Gasteiger charge is 2.14. The third kappa shape index (κ3) is 3.80. The van der Waals surface area contributed by atoms with Crippen LogP contribution in [0.2, 0.25) is 0 Å². The zero-order chi connectivity index (χ0) is 19.5. The summed E-state index contributed by atoms with van der Waals surface area (Å²) in [7, 11) is 0. The van der Waals surface area contributed by atoms with Gasteiger partial charge < -0.3 is 14.4 Å². The van der Waals surface area contributed by atoms with Gasteiger partial charge in [0.25, 0.3) is 5.89 Å². The predicted octanol–water partition coefficient (Wildman–Crippen LogP) is 3.25. The zero-order valence-electron chi connectivity index (χ0n) is 15.5. The van der Waals surface area contributed by atoms with E-state index in [1.54, 1.807) is 35.6 Å². The average molecular weight is 374 g/mol. The molecule has 0 aliphatic rings. The smallest absolute Gasteiger partial charge is 0.259 e. The molecule has 8 heteroatoms. The number of nitrogens with one attached hydrogen (secondary N) is 1. The first-order chi connectivity index (χ1) is 13.6. The third-order valence-corrected chi connectivity index (χ3v) is 4.19. The molecular weight excluding hydrogens is 356 g/mol. The van der Waals surface area contributed by atoms with Gasteiger partial charge in [-0.25, -0.2) is 4.98 Å². The van der Waals surface area contributed by atoms with Gasteiger partial charge in [-0.1, -0.05) is 17.3 Å². The Morgan fingerprint density at radius 3 is 2.96 bits per heavy atom. The van der Waals surface area contributed by atoms with E-state index in [4.69, 9.17) is 4.52 Å². The van der Waals surface area contributed by atoms with Crippen molar-refractivity contribution in [2.24, 2.45) is 0 Å². The highest BCUT2D eigenvalue weighted by molar-refractivity contribution is 5.91. The van der Waals surface area contributed by atoms with Gasteiger partial charge in [0.05, 0.1) is 11.9 Å². The SMILES string of the molecule is Cc1ccc(C)c(NC(=O)Cn2cnc(-c3noc(-c4cccnc4)n3)c2)c1. The van der Waals surface area contributed by atoms with Gasteiger partial charge in [0, 0.05) is 24.3 Å². The Morgan fingerprint density at radius 1 is 1.25 bits per heavy atom. The quantitative estimate of drug-likeness (QED) is 0.576. The first kappa shape index (κ1) is 17.6. The molecule has 8 nitrogen and oxygen atoms in total. The Bertz CT molecular complexity index is 1120. The first-order valence-electron chi connectivity index (χ1n) is 8.72. The van der Waals surface area contributed by atoms with Gasteiger partial charge in [-0.15, -0.1) is 0 Å². The van der Waals surface area contributed by atoms with E-state index in [9.17, 15) is 4.79 Å². The predicted molar refractivity (Wildman–Crippen MR) is 103 cm³/mol. The first-order valence-corrected chi connectivity index (χ1v) is 8.72. The Labute approximate surface area is 161 Å². The summed E-state index contributed by atoms with van der Waals surface area (Å²) in [5.41, 5.74) is 4.17. The molecule has 3 aromatic heterocycles. The molecule has 0 fully saturated rings. The lowest BCUT2D eigenvalue weighted by Gasteiger charge is -2.09. The minimum Gasteiger partial charge on any atom is -0.333 e. The van der Waals surface area contributed by atoms with Gasteiger partial charge in [-0.05, 0) is 43.2 Å². The number of carbonyl (C=O) groups is 1. The lowest BCUT2D eigenvalue weighted by Crippen LogP contribution is -2.18. The second kappa shape index (κ2) is 7.43. The monoisotopic (exact) mass is 374 g/mol. The number of aromatic nitrogens is 5. The number of anilines is 1. The molecule has 3 heterocycles. The molecule has 0 aliphatic heterocycles. The second-order valence-electron chi connectivity index (χ2n) is 6.46. The molecule has 0 bridgehead atoms. The summed E-state index contributed by atoms with van der Waals surface area (Å²) in [5.74, 6) is 0.583.